The zero-order chi connectivity index (χ0) is 15.7. The Morgan fingerprint density at radius 1 is 1.14 bits per heavy atom. The van der Waals surface area contributed by atoms with Crippen molar-refractivity contribution in [3.8, 4) is 0 Å². The number of benzene rings is 1. The smallest absolute Gasteiger partial charge is 0.212 e. The fraction of sp³-hybridized carbons (Fsp3) is 0.455. The molecule has 0 aromatic heterocycles. The molecule has 21 heavy (non-hydrogen) atoms. The van der Waals surface area contributed by atoms with Crippen LogP contribution in [0.15, 0.2) is 32.0 Å². The molecule has 1 aliphatic rings. The maximum atomic E-state index is 12.1. The largest absolute Gasteiger partial charge is 0.241 e. The monoisotopic (exact) mass is 460 g/mol. The van der Waals surface area contributed by atoms with Gasteiger partial charge in [-0.05, 0) is 47.0 Å². The van der Waals surface area contributed by atoms with Gasteiger partial charge in [0.25, 0.3) is 0 Å². The first-order valence-corrected chi connectivity index (χ1v) is 10.9. The molecule has 1 aromatic carbocycles. The maximum Gasteiger partial charge on any atom is 0.241 e. The molecule has 2 rings (SSSR count). The van der Waals surface area contributed by atoms with E-state index >= 15 is 0 Å². The average Bonchev–Trinajstić information content (AvgIpc) is 3.14. The molecule has 0 radical (unpaired) electrons. The van der Waals surface area contributed by atoms with Gasteiger partial charge in [-0.3, -0.25) is 0 Å². The van der Waals surface area contributed by atoms with Crippen LogP contribution in [-0.4, -0.2) is 35.2 Å². The van der Waals surface area contributed by atoms with Crippen LogP contribution < -0.4 is 9.44 Å². The second-order valence-electron chi connectivity index (χ2n) is 4.68. The van der Waals surface area contributed by atoms with E-state index in [2.05, 4.69) is 41.3 Å². The molecule has 0 saturated heterocycles. The van der Waals surface area contributed by atoms with Gasteiger partial charge < -0.3 is 0 Å². The summed E-state index contributed by atoms with van der Waals surface area (Å²) in [6, 6.07) is 4.77. The first-order chi connectivity index (χ1) is 9.70. The van der Waals surface area contributed by atoms with Gasteiger partial charge in [0.2, 0.25) is 20.0 Å². The standard InChI is InChI=1S/C11H14Br2N2O4S2/c12-8-1-4-10(13)11(7-8)21(18,19)14-5-6-20(16,17)15-9-2-3-9/h1,4,7,9,14-15H,2-3,5-6H2. The molecule has 0 heterocycles. The van der Waals surface area contributed by atoms with Crippen molar-refractivity contribution in [1.82, 2.24) is 9.44 Å². The number of sulfonamides is 2. The minimum atomic E-state index is -3.77. The third kappa shape index (κ3) is 5.29. The van der Waals surface area contributed by atoms with Crippen molar-refractivity contribution in [2.24, 2.45) is 0 Å². The van der Waals surface area contributed by atoms with Crippen LogP contribution in [0.2, 0.25) is 0 Å². The highest BCUT2D eigenvalue weighted by Crippen LogP contribution is 2.25. The van der Waals surface area contributed by atoms with E-state index < -0.39 is 20.0 Å². The highest BCUT2D eigenvalue weighted by molar-refractivity contribution is 9.11. The summed E-state index contributed by atoms with van der Waals surface area (Å²) in [7, 11) is -7.21. The lowest BCUT2D eigenvalue weighted by molar-refractivity contribution is 0.574. The van der Waals surface area contributed by atoms with Crippen molar-refractivity contribution in [2.75, 3.05) is 12.3 Å². The Balaban J connectivity index is 1.99. The highest BCUT2D eigenvalue weighted by Gasteiger charge is 2.27. The van der Waals surface area contributed by atoms with Crippen molar-refractivity contribution in [3.05, 3.63) is 27.1 Å². The molecular weight excluding hydrogens is 448 g/mol. The molecule has 1 fully saturated rings. The number of halogens is 2. The molecule has 0 unspecified atom stereocenters. The van der Waals surface area contributed by atoms with Crippen molar-refractivity contribution in [2.45, 2.75) is 23.8 Å². The molecule has 1 aromatic rings. The van der Waals surface area contributed by atoms with Gasteiger partial charge in [0, 0.05) is 21.5 Å². The molecule has 1 aliphatic carbocycles. The van der Waals surface area contributed by atoms with Crippen LogP contribution in [0.25, 0.3) is 0 Å². The van der Waals surface area contributed by atoms with Crippen molar-refractivity contribution >= 4 is 51.9 Å². The Morgan fingerprint density at radius 3 is 2.43 bits per heavy atom. The Morgan fingerprint density at radius 2 is 1.81 bits per heavy atom. The minimum absolute atomic E-state index is 0.0193. The van der Waals surface area contributed by atoms with E-state index in [1.165, 1.54) is 6.07 Å². The van der Waals surface area contributed by atoms with Crippen molar-refractivity contribution in [1.29, 1.82) is 0 Å². The molecule has 0 bridgehead atoms. The van der Waals surface area contributed by atoms with E-state index in [4.69, 9.17) is 0 Å². The predicted molar refractivity (Wildman–Crippen MR) is 87.0 cm³/mol. The fourth-order valence-corrected chi connectivity index (χ4v) is 5.48. The lowest BCUT2D eigenvalue weighted by Gasteiger charge is -2.09. The van der Waals surface area contributed by atoms with Gasteiger partial charge in [-0.25, -0.2) is 26.3 Å². The summed E-state index contributed by atoms with van der Waals surface area (Å²) in [4.78, 5) is 0.0597. The van der Waals surface area contributed by atoms with Crippen LogP contribution in [0, 0.1) is 0 Å². The van der Waals surface area contributed by atoms with E-state index in [1.807, 2.05) is 0 Å². The summed E-state index contributed by atoms with van der Waals surface area (Å²) in [5.41, 5.74) is 0. The topological polar surface area (TPSA) is 92.3 Å². The summed E-state index contributed by atoms with van der Waals surface area (Å²) in [6.45, 7) is -0.177. The zero-order valence-corrected chi connectivity index (χ0v) is 15.6. The summed E-state index contributed by atoms with van der Waals surface area (Å²) in [5.74, 6) is -0.283. The fourth-order valence-electron chi connectivity index (χ4n) is 1.59. The normalized spacial score (nSPS) is 16.1. The molecular formula is C11H14Br2N2O4S2. The van der Waals surface area contributed by atoms with Crippen LogP contribution >= 0.6 is 31.9 Å². The Labute approximate surface area is 141 Å². The van der Waals surface area contributed by atoms with Crippen LogP contribution in [-0.2, 0) is 20.0 Å². The Bertz CT molecular complexity index is 731. The molecule has 118 valence electrons. The second-order valence-corrected chi connectivity index (χ2v) is 10.1. The summed E-state index contributed by atoms with van der Waals surface area (Å²) >= 11 is 6.37. The average molecular weight is 462 g/mol. The van der Waals surface area contributed by atoms with E-state index in [9.17, 15) is 16.8 Å². The lowest BCUT2D eigenvalue weighted by Crippen LogP contribution is -2.35. The van der Waals surface area contributed by atoms with Gasteiger partial charge in [-0.1, -0.05) is 15.9 Å². The number of nitrogens with one attached hydrogen (secondary N) is 2. The minimum Gasteiger partial charge on any atom is -0.212 e. The molecule has 0 spiro atoms. The first-order valence-electron chi connectivity index (χ1n) is 6.14. The van der Waals surface area contributed by atoms with Crippen LogP contribution in [0.4, 0.5) is 0 Å². The van der Waals surface area contributed by atoms with E-state index in [-0.39, 0.29) is 23.2 Å². The first kappa shape index (κ1) is 17.4. The van der Waals surface area contributed by atoms with E-state index in [0.717, 1.165) is 12.8 Å². The van der Waals surface area contributed by atoms with Gasteiger partial charge in [-0.2, -0.15) is 0 Å². The number of rotatable bonds is 7. The SMILES string of the molecule is O=S(=O)(CCNS(=O)(=O)c1cc(Br)ccc1Br)NC1CC1. The quantitative estimate of drug-likeness (QED) is 0.644. The van der Waals surface area contributed by atoms with Crippen LogP contribution in [0.1, 0.15) is 12.8 Å². The molecule has 0 amide bonds. The summed E-state index contributed by atoms with van der Waals surface area (Å²) in [6.07, 6.45) is 1.69. The van der Waals surface area contributed by atoms with Crippen molar-refractivity contribution < 1.29 is 16.8 Å². The predicted octanol–water partition coefficient (Wildman–Crippen LogP) is 1.57. The zero-order valence-electron chi connectivity index (χ0n) is 10.8. The molecule has 1 saturated carbocycles. The van der Waals surface area contributed by atoms with Gasteiger partial charge in [0.1, 0.15) is 0 Å². The number of hydrogen-bond acceptors (Lipinski definition) is 4. The van der Waals surface area contributed by atoms with Gasteiger partial charge in [0.05, 0.1) is 10.6 Å². The van der Waals surface area contributed by atoms with E-state index in [1.54, 1.807) is 12.1 Å². The molecule has 6 nitrogen and oxygen atoms in total. The molecule has 0 aliphatic heterocycles. The summed E-state index contributed by atoms with van der Waals surface area (Å²) in [5, 5.41) is 0. The molecule has 10 heteroatoms. The third-order valence-electron chi connectivity index (χ3n) is 2.77. The maximum absolute atomic E-state index is 12.1. The third-order valence-corrected chi connectivity index (χ3v) is 7.15. The summed E-state index contributed by atoms with van der Waals surface area (Å²) < 4.78 is 53.4. The van der Waals surface area contributed by atoms with Crippen LogP contribution in [0.3, 0.4) is 0 Å². The Kier molecular flexibility index (Phi) is 5.48. The van der Waals surface area contributed by atoms with Gasteiger partial charge >= 0.3 is 0 Å². The molecule has 0 atom stereocenters. The van der Waals surface area contributed by atoms with Crippen molar-refractivity contribution in [3.63, 3.8) is 0 Å². The number of hydrogen-bond donors (Lipinski definition) is 2. The van der Waals surface area contributed by atoms with E-state index in [0.29, 0.717) is 8.95 Å². The second kappa shape index (κ2) is 6.63. The lowest BCUT2D eigenvalue weighted by atomic mass is 10.4. The molecule has 2 N–H and O–H groups in total. The van der Waals surface area contributed by atoms with Gasteiger partial charge in [0.15, 0.2) is 0 Å². The van der Waals surface area contributed by atoms with Gasteiger partial charge in [-0.15, -0.1) is 0 Å². The Hall–Kier alpha value is -0.000000000000000187. The highest BCUT2D eigenvalue weighted by atomic mass is 79.9. The van der Waals surface area contributed by atoms with Crippen LogP contribution in [0.5, 0.6) is 0 Å².